The van der Waals surface area contributed by atoms with E-state index in [1.54, 1.807) is 0 Å². The maximum Gasteiger partial charge on any atom is 0.341 e. The summed E-state index contributed by atoms with van der Waals surface area (Å²) in [6.45, 7) is 15.3. The molecule has 0 aromatic heterocycles. The fraction of sp³-hybridized carbons (Fsp3) is 0.480. The highest BCUT2D eigenvalue weighted by atomic mass is 28.4. The summed E-state index contributed by atoms with van der Waals surface area (Å²) in [5, 5.41) is 0.0144. The second-order valence-electron chi connectivity index (χ2n) is 9.51. The Bertz CT molecular complexity index is 881. The van der Waals surface area contributed by atoms with Gasteiger partial charge in [-0.25, -0.2) is 4.79 Å². The van der Waals surface area contributed by atoms with Crippen molar-refractivity contribution in [2.45, 2.75) is 58.7 Å². The molecule has 0 N–H and O–H groups in total. The zero-order chi connectivity index (χ0) is 21.9. The molecule has 0 unspecified atom stereocenters. The molecule has 162 valence electrons. The number of nitrogens with zero attached hydrogens (tertiary/aromatic N) is 1. The van der Waals surface area contributed by atoms with Crippen molar-refractivity contribution < 1.29 is 14.0 Å². The van der Waals surface area contributed by atoms with E-state index in [1.807, 2.05) is 31.2 Å². The minimum Gasteiger partial charge on any atom is -0.543 e. The lowest BCUT2D eigenvalue weighted by Crippen LogP contribution is -2.44. The quantitative estimate of drug-likeness (QED) is 0.390. The summed E-state index contributed by atoms with van der Waals surface area (Å²) in [7, 11) is -2.18. The van der Waals surface area contributed by atoms with Crippen molar-refractivity contribution in [2.75, 3.05) is 24.6 Å². The molecule has 0 bridgehead atoms. The fourth-order valence-corrected chi connectivity index (χ4v) is 4.52. The summed E-state index contributed by atoms with van der Waals surface area (Å²) in [5.41, 5.74) is 3.62. The Morgan fingerprint density at radius 2 is 1.70 bits per heavy atom. The molecule has 0 saturated carbocycles. The first-order valence-electron chi connectivity index (χ1n) is 11.0. The third-order valence-corrected chi connectivity index (χ3v) is 10.6. The fourth-order valence-electron chi connectivity index (χ4n) is 3.48. The third kappa shape index (κ3) is 4.72. The van der Waals surface area contributed by atoms with Crippen LogP contribution in [0.3, 0.4) is 0 Å². The minimum absolute atomic E-state index is 0.0144. The van der Waals surface area contributed by atoms with Crippen LogP contribution in [0.4, 0.5) is 5.69 Å². The highest BCUT2D eigenvalue weighted by molar-refractivity contribution is 6.74. The predicted octanol–water partition coefficient (Wildman–Crippen LogP) is 6.51. The lowest BCUT2D eigenvalue weighted by Gasteiger charge is -2.38. The molecule has 1 fully saturated rings. The van der Waals surface area contributed by atoms with Crippen molar-refractivity contribution in [3.63, 3.8) is 0 Å². The van der Waals surface area contributed by atoms with Crippen LogP contribution in [0.2, 0.25) is 18.1 Å². The molecule has 2 aromatic carbocycles. The molecular weight excluding hydrogens is 390 g/mol. The van der Waals surface area contributed by atoms with Crippen LogP contribution in [0.15, 0.2) is 42.5 Å². The molecule has 0 radical (unpaired) electrons. The Morgan fingerprint density at radius 1 is 1.07 bits per heavy atom. The first-order valence-corrected chi connectivity index (χ1v) is 13.9. The second-order valence-corrected chi connectivity index (χ2v) is 14.2. The molecule has 0 aliphatic carbocycles. The minimum atomic E-state index is -2.18. The van der Waals surface area contributed by atoms with Crippen LogP contribution in [-0.4, -0.2) is 34.0 Å². The van der Waals surface area contributed by atoms with Gasteiger partial charge < -0.3 is 14.1 Å². The summed E-state index contributed by atoms with van der Waals surface area (Å²) < 4.78 is 12.2. The number of rotatable bonds is 6. The predicted molar refractivity (Wildman–Crippen MR) is 127 cm³/mol. The van der Waals surface area contributed by atoms with Gasteiger partial charge in [-0.05, 0) is 55.6 Å². The van der Waals surface area contributed by atoms with Crippen molar-refractivity contribution >= 4 is 20.0 Å². The molecule has 1 aliphatic heterocycles. The second kappa shape index (κ2) is 8.84. The van der Waals surface area contributed by atoms with Crippen molar-refractivity contribution in [3.05, 3.63) is 48.0 Å². The van der Waals surface area contributed by atoms with E-state index in [1.165, 1.54) is 12.8 Å². The van der Waals surface area contributed by atoms with Gasteiger partial charge in [0, 0.05) is 24.3 Å². The molecule has 30 heavy (non-hydrogen) atoms. The number of benzene rings is 2. The van der Waals surface area contributed by atoms with Crippen LogP contribution in [-0.2, 0) is 4.74 Å². The van der Waals surface area contributed by atoms with Crippen molar-refractivity contribution in [2.24, 2.45) is 0 Å². The van der Waals surface area contributed by atoms with E-state index in [4.69, 9.17) is 9.16 Å². The van der Waals surface area contributed by atoms with Gasteiger partial charge in [0.2, 0.25) is 0 Å². The zero-order valence-corrected chi connectivity index (χ0v) is 20.2. The maximum absolute atomic E-state index is 13.0. The molecule has 0 atom stereocenters. The average Bonchev–Trinajstić information content (AvgIpc) is 3.22. The summed E-state index contributed by atoms with van der Waals surface area (Å²) in [6, 6.07) is 14.4. The molecule has 1 saturated heterocycles. The van der Waals surface area contributed by atoms with E-state index in [0.717, 1.165) is 29.9 Å². The van der Waals surface area contributed by atoms with Crippen LogP contribution in [0.25, 0.3) is 11.1 Å². The molecule has 1 heterocycles. The maximum atomic E-state index is 13.0. The largest absolute Gasteiger partial charge is 0.543 e. The van der Waals surface area contributed by atoms with Crippen LogP contribution < -0.4 is 9.33 Å². The van der Waals surface area contributed by atoms with Crippen molar-refractivity contribution in [1.82, 2.24) is 0 Å². The summed E-state index contributed by atoms with van der Waals surface area (Å²) >= 11 is 0. The number of carbonyl (C=O) groups excluding carboxylic acids is 1. The Morgan fingerprint density at radius 3 is 2.27 bits per heavy atom. The first-order chi connectivity index (χ1) is 14.1. The van der Waals surface area contributed by atoms with E-state index < -0.39 is 8.32 Å². The van der Waals surface area contributed by atoms with Crippen molar-refractivity contribution in [3.8, 4) is 16.9 Å². The smallest absolute Gasteiger partial charge is 0.341 e. The first kappa shape index (κ1) is 22.4. The van der Waals surface area contributed by atoms with Gasteiger partial charge >= 0.3 is 5.97 Å². The van der Waals surface area contributed by atoms with E-state index >= 15 is 0 Å². The van der Waals surface area contributed by atoms with Gasteiger partial charge in [-0.2, -0.15) is 0 Å². The Labute approximate surface area is 182 Å². The van der Waals surface area contributed by atoms with Crippen LogP contribution in [0.5, 0.6) is 5.75 Å². The summed E-state index contributed by atoms with van der Waals surface area (Å²) in [6.07, 6.45) is 2.36. The van der Waals surface area contributed by atoms with Gasteiger partial charge in [0.15, 0.2) is 0 Å². The van der Waals surface area contributed by atoms with E-state index in [2.05, 4.69) is 57.0 Å². The zero-order valence-electron chi connectivity index (χ0n) is 19.2. The number of hydrogen-bond acceptors (Lipinski definition) is 4. The van der Waals surface area contributed by atoms with Crippen LogP contribution >= 0.6 is 0 Å². The number of hydrogen-bond donors (Lipinski definition) is 0. The Balaban J connectivity index is 2.23. The SMILES string of the molecule is CCOC(=O)c1cc(N2CCCC2)cc(-c2ccccc2)c1O[Si](C)(C)C(C)(C)C. The highest BCUT2D eigenvalue weighted by Gasteiger charge is 2.40. The summed E-state index contributed by atoms with van der Waals surface area (Å²) in [5.74, 6) is 0.346. The monoisotopic (exact) mass is 425 g/mol. The van der Waals surface area contributed by atoms with Gasteiger partial charge in [-0.1, -0.05) is 51.1 Å². The topological polar surface area (TPSA) is 38.8 Å². The molecule has 2 aromatic rings. The van der Waals surface area contributed by atoms with Gasteiger partial charge in [0.05, 0.1) is 6.61 Å². The molecular formula is C25H35NO3Si. The highest BCUT2D eigenvalue weighted by Crippen LogP contribution is 2.44. The van der Waals surface area contributed by atoms with Gasteiger partial charge in [-0.3, -0.25) is 0 Å². The lowest BCUT2D eigenvalue weighted by molar-refractivity contribution is 0.0524. The standard InChI is InChI=1S/C25H35NO3Si/c1-7-28-24(27)22-18-20(26-15-11-12-16-26)17-21(19-13-9-8-10-14-19)23(22)29-30(5,6)25(2,3)4/h8-10,13-14,17-18H,7,11-12,15-16H2,1-6H3. The molecule has 3 rings (SSSR count). The average molecular weight is 426 g/mol. The number of esters is 1. The van der Waals surface area contributed by atoms with Crippen LogP contribution in [0, 0.1) is 0 Å². The molecule has 1 aliphatic rings. The van der Waals surface area contributed by atoms with Crippen molar-refractivity contribution in [1.29, 1.82) is 0 Å². The number of anilines is 1. The molecule has 5 heteroatoms. The molecule has 0 spiro atoms. The van der Waals surface area contributed by atoms with E-state index in [0.29, 0.717) is 17.9 Å². The van der Waals surface area contributed by atoms with Gasteiger partial charge in [0.25, 0.3) is 8.32 Å². The van der Waals surface area contributed by atoms with Gasteiger partial charge in [-0.15, -0.1) is 0 Å². The number of carbonyl (C=O) groups is 1. The van der Waals surface area contributed by atoms with E-state index in [9.17, 15) is 4.79 Å². The number of ether oxygens (including phenoxy) is 1. The van der Waals surface area contributed by atoms with E-state index in [-0.39, 0.29) is 11.0 Å². The molecule has 4 nitrogen and oxygen atoms in total. The van der Waals surface area contributed by atoms with Crippen LogP contribution in [0.1, 0.15) is 50.9 Å². The third-order valence-electron chi connectivity index (χ3n) is 6.29. The summed E-state index contributed by atoms with van der Waals surface area (Å²) in [4.78, 5) is 15.4. The Hall–Kier alpha value is -2.27. The van der Waals surface area contributed by atoms with Gasteiger partial charge in [0.1, 0.15) is 11.3 Å². The lowest BCUT2D eigenvalue weighted by atomic mass is 10.00. The Kier molecular flexibility index (Phi) is 6.61. The normalized spacial score (nSPS) is 14.7. The molecule has 0 amide bonds.